The highest BCUT2D eigenvalue weighted by Gasteiger charge is 2.19. The van der Waals surface area contributed by atoms with Gasteiger partial charge in [0.05, 0.1) is 6.10 Å². The fourth-order valence-corrected chi connectivity index (χ4v) is 2.69. The molecule has 1 saturated heterocycles. The Balaban J connectivity index is 1.70. The Kier molecular flexibility index (Phi) is 3.30. The summed E-state index contributed by atoms with van der Waals surface area (Å²) in [6.45, 7) is 3.24. The second kappa shape index (κ2) is 5.08. The Morgan fingerprint density at radius 2 is 2.28 bits per heavy atom. The number of likely N-dealkylation sites (tertiary alicyclic amines) is 1. The summed E-state index contributed by atoms with van der Waals surface area (Å²) >= 11 is 0. The zero-order valence-electron chi connectivity index (χ0n) is 10.7. The maximum atomic E-state index is 5.40. The molecular weight excluding hydrogens is 226 g/mol. The summed E-state index contributed by atoms with van der Waals surface area (Å²) in [5.74, 6) is 0. The lowest BCUT2D eigenvalue weighted by Crippen LogP contribution is -2.36. The van der Waals surface area contributed by atoms with Crippen LogP contribution in [-0.4, -0.2) is 41.2 Å². The van der Waals surface area contributed by atoms with Crippen LogP contribution in [0.1, 0.15) is 18.4 Å². The van der Waals surface area contributed by atoms with E-state index in [-0.39, 0.29) is 0 Å². The number of ether oxygens (including phenoxy) is 1. The fraction of sp³-hybridized carbons (Fsp3) is 0.500. The van der Waals surface area contributed by atoms with Gasteiger partial charge in [-0.1, -0.05) is 0 Å². The lowest BCUT2D eigenvalue weighted by atomic mass is 10.1. The lowest BCUT2D eigenvalue weighted by molar-refractivity contribution is 0.0390. The summed E-state index contributed by atoms with van der Waals surface area (Å²) in [4.78, 5) is 10.1. The zero-order valence-corrected chi connectivity index (χ0v) is 10.7. The van der Waals surface area contributed by atoms with E-state index in [1.807, 2.05) is 19.4 Å². The van der Waals surface area contributed by atoms with E-state index in [0.717, 1.165) is 38.1 Å². The first kappa shape index (κ1) is 11.7. The van der Waals surface area contributed by atoms with Crippen LogP contribution < -0.4 is 0 Å². The lowest BCUT2D eigenvalue weighted by Gasteiger charge is -2.30. The number of nitrogens with zero attached hydrogens (tertiary/aromatic N) is 2. The predicted molar refractivity (Wildman–Crippen MR) is 71.4 cm³/mol. The molecule has 0 aliphatic carbocycles. The minimum Gasteiger partial charge on any atom is -0.381 e. The number of pyridine rings is 1. The van der Waals surface area contributed by atoms with Crippen molar-refractivity contribution in [1.29, 1.82) is 0 Å². The SMILES string of the molecule is COC1CCN(Cc2c[nH]c3ncccc23)CC1. The smallest absolute Gasteiger partial charge is 0.137 e. The molecule has 96 valence electrons. The number of H-pyrrole nitrogens is 1. The van der Waals surface area contributed by atoms with E-state index >= 15 is 0 Å². The minimum atomic E-state index is 0.450. The van der Waals surface area contributed by atoms with Gasteiger partial charge in [0.2, 0.25) is 0 Å². The third kappa shape index (κ3) is 2.26. The number of hydrogen-bond acceptors (Lipinski definition) is 3. The van der Waals surface area contributed by atoms with Crippen LogP contribution in [0.5, 0.6) is 0 Å². The molecule has 0 bridgehead atoms. The molecule has 0 unspecified atom stereocenters. The van der Waals surface area contributed by atoms with Crippen LogP contribution in [0.25, 0.3) is 11.0 Å². The number of aromatic nitrogens is 2. The Labute approximate surface area is 107 Å². The Bertz CT molecular complexity index is 514. The van der Waals surface area contributed by atoms with Gasteiger partial charge in [-0.3, -0.25) is 4.90 Å². The summed E-state index contributed by atoms with van der Waals surface area (Å²) in [6.07, 6.45) is 6.63. The first-order chi connectivity index (χ1) is 8.86. The molecule has 18 heavy (non-hydrogen) atoms. The van der Waals surface area contributed by atoms with E-state index < -0.39 is 0 Å². The van der Waals surface area contributed by atoms with Crippen LogP contribution in [-0.2, 0) is 11.3 Å². The number of aromatic amines is 1. The molecule has 4 nitrogen and oxygen atoms in total. The van der Waals surface area contributed by atoms with E-state index in [9.17, 15) is 0 Å². The summed E-state index contributed by atoms with van der Waals surface area (Å²) in [6, 6.07) is 4.13. The molecule has 0 amide bonds. The molecule has 0 radical (unpaired) electrons. The molecule has 0 atom stereocenters. The maximum absolute atomic E-state index is 5.40. The van der Waals surface area contributed by atoms with E-state index in [0.29, 0.717) is 6.10 Å². The fourth-order valence-electron chi connectivity index (χ4n) is 2.69. The average Bonchev–Trinajstić information content (AvgIpc) is 2.83. The standard InChI is InChI=1S/C14H19N3O/c1-18-12-4-7-17(8-5-12)10-11-9-16-14-13(11)3-2-6-15-14/h2-3,6,9,12H,4-5,7-8,10H2,1H3,(H,15,16). The van der Waals surface area contributed by atoms with Gasteiger partial charge in [-0.15, -0.1) is 0 Å². The number of piperidine rings is 1. The second-order valence-corrected chi connectivity index (χ2v) is 4.92. The molecule has 3 heterocycles. The van der Waals surface area contributed by atoms with Crippen LogP contribution in [0.15, 0.2) is 24.5 Å². The molecule has 1 N–H and O–H groups in total. The molecule has 4 heteroatoms. The van der Waals surface area contributed by atoms with Crippen molar-refractivity contribution in [2.45, 2.75) is 25.5 Å². The van der Waals surface area contributed by atoms with E-state index in [1.54, 1.807) is 0 Å². The van der Waals surface area contributed by atoms with Gasteiger partial charge in [-0.25, -0.2) is 4.98 Å². The van der Waals surface area contributed by atoms with Gasteiger partial charge in [0.1, 0.15) is 5.65 Å². The van der Waals surface area contributed by atoms with Crippen LogP contribution in [0, 0.1) is 0 Å². The van der Waals surface area contributed by atoms with Crippen LogP contribution in [0.2, 0.25) is 0 Å². The molecule has 2 aromatic rings. The van der Waals surface area contributed by atoms with Crippen molar-refractivity contribution in [2.75, 3.05) is 20.2 Å². The molecule has 0 aromatic carbocycles. The second-order valence-electron chi connectivity index (χ2n) is 4.92. The molecule has 0 saturated carbocycles. The van der Waals surface area contributed by atoms with Crippen LogP contribution >= 0.6 is 0 Å². The van der Waals surface area contributed by atoms with Crippen molar-refractivity contribution in [3.8, 4) is 0 Å². The predicted octanol–water partition coefficient (Wildman–Crippen LogP) is 2.17. The number of rotatable bonds is 3. The van der Waals surface area contributed by atoms with Crippen molar-refractivity contribution in [3.63, 3.8) is 0 Å². The third-order valence-electron chi connectivity index (χ3n) is 3.80. The molecule has 1 aliphatic rings. The first-order valence-electron chi connectivity index (χ1n) is 6.53. The average molecular weight is 245 g/mol. The zero-order chi connectivity index (χ0) is 12.4. The normalized spacial score (nSPS) is 18.5. The van der Waals surface area contributed by atoms with Crippen molar-refractivity contribution in [1.82, 2.24) is 14.9 Å². The third-order valence-corrected chi connectivity index (χ3v) is 3.80. The summed E-state index contributed by atoms with van der Waals surface area (Å²) < 4.78 is 5.40. The maximum Gasteiger partial charge on any atom is 0.137 e. The number of hydrogen-bond donors (Lipinski definition) is 1. The van der Waals surface area contributed by atoms with Gasteiger partial charge < -0.3 is 9.72 Å². The first-order valence-corrected chi connectivity index (χ1v) is 6.53. The number of methoxy groups -OCH3 is 1. The van der Waals surface area contributed by atoms with Crippen molar-refractivity contribution < 1.29 is 4.74 Å². The van der Waals surface area contributed by atoms with E-state index in [4.69, 9.17) is 4.74 Å². The van der Waals surface area contributed by atoms with Gasteiger partial charge in [0, 0.05) is 44.5 Å². The minimum absolute atomic E-state index is 0.450. The molecular formula is C14H19N3O. The summed E-state index contributed by atoms with van der Waals surface area (Å²) in [7, 11) is 1.81. The highest BCUT2D eigenvalue weighted by molar-refractivity contribution is 5.79. The molecule has 1 aliphatic heterocycles. The molecule has 3 rings (SSSR count). The van der Waals surface area contributed by atoms with Crippen LogP contribution in [0.3, 0.4) is 0 Å². The molecule has 2 aromatic heterocycles. The molecule has 1 fully saturated rings. The highest BCUT2D eigenvalue weighted by Crippen LogP contribution is 2.20. The Morgan fingerprint density at radius 3 is 3.06 bits per heavy atom. The van der Waals surface area contributed by atoms with E-state index in [1.165, 1.54) is 10.9 Å². The van der Waals surface area contributed by atoms with Gasteiger partial charge in [0.15, 0.2) is 0 Å². The number of nitrogens with one attached hydrogen (secondary N) is 1. The van der Waals surface area contributed by atoms with Crippen LogP contribution in [0.4, 0.5) is 0 Å². The topological polar surface area (TPSA) is 41.1 Å². The van der Waals surface area contributed by atoms with Crippen molar-refractivity contribution in [2.24, 2.45) is 0 Å². The van der Waals surface area contributed by atoms with Gasteiger partial charge >= 0.3 is 0 Å². The number of fused-ring (bicyclic) bond motifs is 1. The van der Waals surface area contributed by atoms with Gasteiger partial charge in [-0.05, 0) is 30.5 Å². The molecule has 0 spiro atoms. The summed E-state index contributed by atoms with van der Waals surface area (Å²) in [5.41, 5.74) is 2.33. The van der Waals surface area contributed by atoms with Gasteiger partial charge in [0.25, 0.3) is 0 Å². The van der Waals surface area contributed by atoms with E-state index in [2.05, 4.69) is 27.1 Å². The Morgan fingerprint density at radius 1 is 1.44 bits per heavy atom. The van der Waals surface area contributed by atoms with Gasteiger partial charge in [-0.2, -0.15) is 0 Å². The largest absolute Gasteiger partial charge is 0.381 e. The highest BCUT2D eigenvalue weighted by atomic mass is 16.5. The summed E-state index contributed by atoms with van der Waals surface area (Å²) in [5, 5.41) is 1.24. The monoisotopic (exact) mass is 245 g/mol. The Hall–Kier alpha value is -1.39. The van der Waals surface area contributed by atoms with Crippen molar-refractivity contribution >= 4 is 11.0 Å². The quantitative estimate of drug-likeness (QED) is 0.901. The van der Waals surface area contributed by atoms with Crippen molar-refractivity contribution in [3.05, 3.63) is 30.1 Å².